The third kappa shape index (κ3) is 1.55. The Morgan fingerprint density at radius 2 is 2.08 bits per heavy atom. The fourth-order valence-electron chi connectivity index (χ4n) is 1.40. The van der Waals surface area contributed by atoms with Gasteiger partial charge in [-0.25, -0.2) is 4.79 Å². The Kier molecular flexibility index (Phi) is 2.32. The van der Waals surface area contributed by atoms with Crippen LogP contribution in [0.3, 0.4) is 0 Å². The first-order valence-electron chi connectivity index (χ1n) is 3.70. The Hall–Kier alpha value is -1.10. The van der Waals surface area contributed by atoms with Gasteiger partial charge in [-0.05, 0) is 0 Å². The molecule has 1 aliphatic heterocycles. The third-order valence-corrected chi connectivity index (χ3v) is 1.97. The lowest BCUT2D eigenvalue weighted by Crippen LogP contribution is -2.39. The van der Waals surface area contributed by atoms with Gasteiger partial charge in [-0.15, -0.1) is 0 Å². The molecule has 0 saturated carbocycles. The number of amides is 1. The summed E-state index contributed by atoms with van der Waals surface area (Å²) in [6.45, 7) is 1.43. The van der Waals surface area contributed by atoms with Crippen LogP contribution in [0.1, 0.15) is 13.3 Å². The maximum absolute atomic E-state index is 10.9. The number of nitrogens with zero attached hydrogens (tertiary/aromatic N) is 1. The van der Waals surface area contributed by atoms with Crippen LogP contribution in [0.5, 0.6) is 0 Å². The molecule has 1 heterocycles. The molecule has 1 fully saturated rings. The van der Waals surface area contributed by atoms with Crippen molar-refractivity contribution in [1.29, 1.82) is 0 Å². The maximum Gasteiger partial charge on any atom is 0.326 e. The van der Waals surface area contributed by atoms with Crippen LogP contribution in [0.2, 0.25) is 0 Å². The third-order valence-electron chi connectivity index (χ3n) is 1.97. The summed E-state index contributed by atoms with van der Waals surface area (Å²) in [4.78, 5) is 22.6. The highest BCUT2D eigenvalue weighted by atomic mass is 16.4. The van der Waals surface area contributed by atoms with Crippen LogP contribution < -0.4 is 0 Å². The number of carbonyl (C=O) groups is 2. The number of aliphatic hydroxyl groups excluding tert-OH is 1. The van der Waals surface area contributed by atoms with Crippen LogP contribution in [0.4, 0.5) is 0 Å². The molecule has 0 radical (unpaired) electrons. The Labute approximate surface area is 69.6 Å². The molecule has 1 aliphatic rings. The van der Waals surface area contributed by atoms with Gasteiger partial charge in [0, 0.05) is 19.9 Å². The maximum atomic E-state index is 10.9. The lowest BCUT2D eigenvalue weighted by atomic mass is 10.2. The number of likely N-dealkylation sites (tertiary alicyclic amines) is 1. The van der Waals surface area contributed by atoms with Gasteiger partial charge in [-0.2, -0.15) is 0 Å². The van der Waals surface area contributed by atoms with E-state index < -0.39 is 18.1 Å². The second-order valence-electron chi connectivity index (χ2n) is 2.91. The topological polar surface area (TPSA) is 77.8 Å². The number of aliphatic carboxylic acids is 1. The quantitative estimate of drug-likeness (QED) is 0.536. The molecule has 68 valence electrons. The Bertz CT molecular complexity index is 193. The van der Waals surface area contributed by atoms with Crippen molar-refractivity contribution in [3.63, 3.8) is 0 Å². The van der Waals surface area contributed by atoms with Crippen molar-refractivity contribution < 1.29 is 19.8 Å². The van der Waals surface area contributed by atoms with Gasteiger partial charge in [-0.1, -0.05) is 0 Å². The van der Waals surface area contributed by atoms with Gasteiger partial charge >= 0.3 is 5.97 Å². The van der Waals surface area contributed by atoms with E-state index in [1.807, 2.05) is 0 Å². The second kappa shape index (κ2) is 3.10. The highest BCUT2D eigenvalue weighted by Gasteiger charge is 2.37. The van der Waals surface area contributed by atoms with E-state index in [2.05, 4.69) is 0 Å². The van der Waals surface area contributed by atoms with Crippen LogP contribution in [0, 0.1) is 0 Å². The van der Waals surface area contributed by atoms with Crippen LogP contribution >= 0.6 is 0 Å². The predicted molar refractivity (Wildman–Crippen MR) is 39.4 cm³/mol. The van der Waals surface area contributed by atoms with Gasteiger partial charge in [-0.3, -0.25) is 4.79 Å². The van der Waals surface area contributed by atoms with Gasteiger partial charge < -0.3 is 15.1 Å². The number of rotatable bonds is 1. The Balaban J connectivity index is 2.72. The summed E-state index contributed by atoms with van der Waals surface area (Å²) in [5.41, 5.74) is 0. The van der Waals surface area contributed by atoms with Crippen molar-refractivity contribution in [3.8, 4) is 0 Å². The molecule has 2 atom stereocenters. The van der Waals surface area contributed by atoms with Crippen molar-refractivity contribution >= 4 is 11.9 Å². The first kappa shape index (κ1) is 8.99. The molecule has 5 heteroatoms. The lowest BCUT2D eigenvalue weighted by Gasteiger charge is -2.18. The molecular formula is C7H11NO4. The first-order chi connectivity index (χ1) is 5.52. The summed E-state index contributed by atoms with van der Waals surface area (Å²) in [7, 11) is 0. The van der Waals surface area contributed by atoms with E-state index in [-0.39, 0.29) is 18.9 Å². The van der Waals surface area contributed by atoms with Crippen molar-refractivity contribution in [2.75, 3.05) is 6.54 Å². The van der Waals surface area contributed by atoms with E-state index in [4.69, 9.17) is 10.2 Å². The van der Waals surface area contributed by atoms with Gasteiger partial charge in [0.1, 0.15) is 6.04 Å². The van der Waals surface area contributed by atoms with E-state index in [0.29, 0.717) is 0 Å². The monoisotopic (exact) mass is 173 g/mol. The molecule has 12 heavy (non-hydrogen) atoms. The van der Waals surface area contributed by atoms with Gasteiger partial charge in [0.25, 0.3) is 0 Å². The number of carboxylic acids is 1. The first-order valence-corrected chi connectivity index (χ1v) is 3.70. The number of carboxylic acid groups (broad SMARTS) is 1. The molecule has 0 aromatic heterocycles. The summed E-state index contributed by atoms with van der Waals surface area (Å²) in [6, 6.07) is -0.850. The number of hydrogen-bond acceptors (Lipinski definition) is 3. The lowest BCUT2D eigenvalue weighted by molar-refractivity contribution is -0.147. The minimum absolute atomic E-state index is 0.131. The van der Waals surface area contributed by atoms with E-state index in [1.54, 1.807) is 0 Å². The zero-order valence-corrected chi connectivity index (χ0v) is 6.73. The van der Waals surface area contributed by atoms with Crippen LogP contribution in [-0.2, 0) is 9.59 Å². The summed E-state index contributed by atoms with van der Waals surface area (Å²) < 4.78 is 0. The van der Waals surface area contributed by atoms with E-state index in [0.717, 1.165) is 0 Å². The van der Waals surface area contributed by atoms with Crippen LogP contribution in [0.25, 0.3) is 0 Å². The van der Waals surface area contributed by atoms with Crippen LogP contribution in [0.15, 0.2) is 0 Å². The SMILES string of the molecule is CC(=O)N1C[C@H](O)C[C@@H]1C(=O)O. The van der Waals surface area contributed by atoms with E-state index in [1.165, 1.54) is 11.8 Å². The molecule has 1 rings (SSSR count). The molecule has 0 aromatic carbocycles. The molecule has 0 spiro atoms. The Morgan fingerprint density at radius 3 is 2.42 bits per heavy atom. The Morgan fingerprint density at radius 1 is 1.50 bits per heavy atom. The summed E-state index contributed by atoms with van der Waals surface area (Å²) >= 11 is 0. The molecule has 1 saturated heterocycles. The average molecular weight is 173 g/mol. The molecule has 2 N–H and O–H groups in total. The molecule has 5 nitrogen and oxygen atoms in total. The second-order valence-corrected chi connectivity index (χ2v) is 2.91. The van der Waals surface area contributed by atoms with Gasteiger partial charge in [0.15, 0.2) is 0 Å². The average Bonchev–Trinajstić information content (AvgIpc) is 2.31. The number of β-amino-alcohol motifs (C(OH)–C–C–N with tert-alkyl or cyclic N) is 1. The van der Waals surface area contributed by atoms with Gasteiger partial charge in [0.2, 0.25) is 5.91 Å². The van der Waals surface area contributed by atoms with E-state index in [9.17, 15) is 9.59 Å². The molecule has 0 unspecified atom stereocenters. The zero-order chi connectivity index (χ0) is 9.30. The van der Waals surface area contributed by atoms with Crippen molar-refractivity contribution in [2.45, 2.75) is 25.5 Å². The fourth-order valence-corrected chi connectivity index (χ4v) is 1.40. The van der Waals surface area contributed by atoms with Crippen LogP contribution in [-0.4, -0.2) is 45.7 Å². The smallest absolute Gasteiger partial charge is 0.326 e. The highest BCUT2D eigenvalue weighted by molar-refractivity contribution is 5.83. The van der Waals surface area contributed by atoms with E-state index >= 15 is 0 Å². The minimum Gasteiger partial charge on any atom is -0.480 e. The van der Waals surface area contributed by atoms with Gasteiger partial charge in [0.05, 0.1) is 6.10 Å². The summed E-state index contributed by atoms with van der Waals surface area (Å²) in [5, 5.41) is 17.8. The molecule has 1 amide bonds. The number of aliphatic hydroxyl groups is 1. The normalized spacial score (nSPS) is 29.0. The summed E-state index contributed by atoms with van der Waals surface area (Å²) in [5.74, 6) is -1.36. The molecule has 0 bridgehead atoms. The van der Waals surface area contributed by atoms with Crippen molar-refractivity contribution in [3.05, 3.63) is 0 Å². The predicted octanol–water partition coefficient (Wildman–Crippen LogP) is -0.947. The minimum atomic E-state index is -1.05. The summed E-state index contributed by atoms with van der Waals surface area (Å²) in [6.07, 6.45) is -0.565. The standard InChI is InChI=1S/C7H11NO4/c1-4(9)8-3-5(10)2-6(8)7(11)12/h5-6,10H,2-3H2,1H3,(H,11,12)/t5-,6-/m1/s1. The highest BCUT2D eigenvalue weighted by Crippen LogP contribution is 2.17. The molecule has 0 aromatic rings. The fraction of sp³-hybridized carbons (Fsp3) is 0.714. The number of hydrogen-bond donors (Lipinski definition) is 2. The largest absolute Gasteiger partial charge is 0.480 e. The van der Waals surface area contributed by atoms with Crippen molar-refractivity contribution in [1.82, 2.24) is 4.90 Å². The number of carbonyl (C=O) groups excluding carboxylic acids is 1. The van der Waals surface area contributed by atoms with Crippen molar-refractivity contribution in [2.24, 2.45) is 0 Å². The molecular weight excluding hydrogens is 162 g/mol. The molecule has 0 aliphatic carbocycles. The zero-order valence-electron chi connectivity index (χ0n) is 6.73.